The number of halogens is 4. The lowest BCUT2D eigenvalue weighted by Gasteiger charge is -2.11. The first-order valence-electron chi connectivity index (χ1n) is 6.99. The lowest BCUT2D eigenvalue weighted by atomic mass is 10.2. The number of anilines is 2. The van der Waals surface area contributed by atoms with Crippen LogP contribution in [0.4, 0.5) is 33.9 Å². The molecule has 0 aliphatic carbocycles. The minimum Gasteiger partial charge on any atom is -0.307 e. The van der Waals surface area contributed by atoms with E-state index in [4.69, 9.17) is 0 Å². The van der Waals surface area contributed by atoms with Crippen molar-refractivity contribution in [3.05, 3.63) is 60.2 Å². The molecule has 0 atom stereocenters. The van der Waals surface area contributed by atoms with Crippen LogP contribution in [0.3, 0.4) is 0 Å². The topological polar surface area (TPSA) is 66.9 Å². The zero-order valence-corrected chi connectivity index (χ0v) is 12.4. The Bertz CT molecular complexity index is 943. The molecule has 2 heterocycles. The van der Waals surface area contributed by atoms with Crippen molar-refractivity contribution < 1.29 is 22.4 Å². The van der Waals surface area contributed by atoms with Gasteiger partial charge in [-0.1, -0.05) is 6.07 Å². The second kappa shape index (κ2) is 6.34. The molecule has 2 aromatic heterocycles. The van der Waals surface area contributed by atoms with E-state index in [0.717, 1.165) is 12.1 Å². The van der Waals surface area contributed by atoms with Crippen LogP contribution in [0.1, 0.15) is 5.69 Å². The van der Waals surface area contributed by atoms with Gasteiger partial charge in [-0.2, -0.15) is 13.2 Å². The van der Waals surface area contributed by atoms with E-state index in [-0.39, 0.29) is 5.82 Å². The molecule has 2 N–H and O–H groups in total. The highest BCUT2D eigenvalue weighted by molar-refractivity contribution is 6.05. The number of rotatable bonds is 2. The van der Waals surface area contributed by atoms with Crippen molar-refractivity contribution in [3.8, 4) is 0 Å². The highest BCUT2D eigenvalue weighted by Crippen LogP contribution is 2.28. The Morgan fingerprint density at radius 3 is 2.60 bits per heavy atom. The number of carbonyl (C=O) groups excluding carboxylic acids is 1. The van der Waals surface area contributed by atoms with E-state index in [1.165, 1.54) is 36.5 Å². The van der Waals surface area contributed by atoms with Crippen molar-refractivity contribution in [2.75, 3.05) is 10.6 Å². The standard InChI is InChI=1S/C16H10F4N4O/c17-9-4-5-10-11(6-7-21-12(10)8-9)22-15(25)24-14-3-1-2-13(23-14)16(18,19)20/h1-8H,(H2,21,22,23,24,25). The maximum Gasteiger partial charge on any atom is 0.433 e. The molecule has 0 bridgehead atoms. The number of aromatic nitrogens is 2. The molecule has 2 amide bonds. The second-order valence-electron chi connectivity index (χ2n) is 5.00. The van der Waals surface area contributed by atoms with Crippen LogP contribution >= 0.6 is 0 Å². The molecule has 5 nitrogen and oxygen atoms in total. The molecule has 0 radical (unpaired) electrons. The molecular weight excluding hydrogens is 340 g/mol. The van der Waals surface area contributed by atoms with E-state index in [2.05, 4.69) is 20.6 Å². The maximum atomic E-state index is 13.2. The summed E-state index contributed by atoms with van der Waals surface area (Å²) in [5.74, 6) is -0.730. The minimum absolute atomic E-state index is 0.253. The van der Waals surface area contributed by atoms with Crippen LogP contribution in [0.2, 0.25) is 0 Å². The van der Waals surface area contributed by atoms with Crippen LogP contribution in [-0.4, -0.2) is 16.0 Å². The summed E-state index contributed by atoms with van der Waals surface area (Å²) >= 11 is 0. The first kappa shape index (κ1) is 16.6. The van der Waals surface area contributed by atoms with E-state index >= 15 is 0 Å². The van der Waals surface area contributed by atoms with Crippen molar-refractivity contribution >= 4 is 28.4 Å². The first-order chi connectivity index (χ1) is 11.8. The molecule has 0 fully saturated rings. The summed E-state index contributed by atoms with van der Waals surface area (Å²) in [5.41, 5.74) is -0.459. The quantitative estimate of drug-likeness (QED) is 0.672. The number of hydrogen-bond donors (Lipinski definition) is 2. The van der Waals surface area contributed by atoms with Crippen LogP contribution < -0.4 is 10.6 Å². The van der Waals surface area contributed by atoms with Crippen molar-refractivity contribution in [1.82, 2.24) is 9.97 Å². The fourth-order valence-corrected chi connectivity index (χ4v) is 2.16. The molecule has 0 aliphatic heterocycles. The molecule has 9 heteroatoms. The number of alkyl halides is 3. The third-order valence-corrected chi connectivity index (χ3v) is 3.23. The van der Waals surface area contributed by atoms with Gasteiger partial charge in [0.05, 0.1) is 11.2 Å². The van der Waals surface area contributed by atoms with Gasteiger partial charge in [-0.15, -0.1) is 0 Å². The third kappa shape index (κ3) is 3.82. The number of amides is 2. The summed E-state index contributed by atoms with van der Waals surface area (Å²) in [6.07, 6.45) is -3.24. The zero-order valence-electron chi connectivity index (χ0n) is 12.4. The van der Waals surface area contributed by atoms with E-state index in [1.807, 2.05) is 0 Å². The molecule has 0 saturated heterocycles. The predicted molar refractivity (Wildman–Crippen MR) is 83.6 cm³/mol. The monoisotopic (exact) mass is 350 g/mol. The molecule has 25 heavy (non-hydrogen) atoms. The highest BCUT2D eigenvalue weighted by atomic mass is 19.4. The summed E-state index contributed by atoms with van der Waals surface area (Å²) < 4.78 is 51.1. The SMILES string of the molecule is O=C(Nc1cccc(C(F)(F)F)n1)Nc1ccnc2cc(F)ccc12. The smallest absolute Gasteiger partial charge is 0.307 e. The fraction of sp³-hybridized carbons (Fsp3) is 0.0625. The molecule has 0 unspecified atom stereocenters. The lowest BCUT2D eigenvalue weighted by molar-refractivity contribution is -0.141. The van der Waals surface area contributed by atoms with Crippen LogP contribution in [0.5, 0.6) is 0 Å². The van der Waals surface area contributed by atoms with Gasteiger partial charge in [-0.25, -0.2) is 14.2 Å². The molecular formula is C16H10F4N4O. The molecule has 1 aromatic carbocycles. The Labute approximate surface area is 138 Å². The van der Waals surface area contributed by atoms with Crippen molar-refractivity contribution in [2.45, 2.75) is 6.18 Å². The number of benzene rings is 1. The van der Waals surface area contributed by atoms with Crippen LogP contribution in [0.15, 0.2) is 48.7 Å². The largest absolute Gasteiger partial charge is 0.433 e. The Hall–Kier alpha value is -3.23. The third-order valence-electron chi connectivity index (χ3n) is 3.23. The molecule has 3 aromatic rings. The normalized spacial score (nSPS) is 11.4. The number of urea groups is 1. The summed E-state index contributed by atoms with van der Waals surface area (Å²) in [7, 11) is 0. The number of nitrogens with one attached hydrogen (secondary N) is 2. The Morgan fingerprint density at radius 1 is 1.04 bits per heavy atom. The summed E-state index contributed by atoms with van der Waals surface area (Å²) in [4.78, 5) is 19.3. The summed E-state index contributed by atoms with van der Waals surface area (Å²) in [6.45, 7) is 0. The number of hydrogen-bond acceptors (Lipinski definition) is 3. The molecule has 0 spiro atoms. The zero-order chi connectivity index (χ0) is 18.0. The number of nitrogens with zero attached hydrogens (tertiary/aromatic N) is 2. The second-order valence-corrected chi connectivity index (χ2v) is 5.00. The van der Waals surface area contributed by atoms with Crippen LogP contribution in [-0.2, 0) is 6.18 Å². The van der Waals surface area contributed by atoms with Crippen LogP contribution in [0, 0.1) is 5.82 Å². The van der Waals surface area contributed by atoms with Crippen molar-refractivity contribution in [3.63, 3.8) is 0 Å². The highest BCUT2D eigenvalue weighted by Gasteiger charge is 2.32. The summed E-state index contributed by atoms with van der Waals surface area (Å²) in [6, 6.07) is 7.71. The van der Waals surface area contributed by atoms with Gasteiger partial charge in [0.25, 0.3) is 0 Å². The van der Waals surface area contributed by atoms with E-state index in [1.54, 1.807) is 0 Å². The van der Waals surface area contributed by atoms with E-state index in [0.29, 0.717) is 16.6 Å². The van der Waals surface area contributed by atoms with Gasteiger partial charge in [0.2, 0.25) is 0 Å². The first-order valence-corrected chi connectivity index (χ1v) is 6.99. The Balaban J connectivity index is 1.80. The number of pyridine rings is 2. The van der Waals surface area contributed by atoms with Gasteiger partial charge in [-0.3, -0.25) is 10.3 Å². The van der Waals surface area contributed by atoms with Gasteiger partial charge < -0.3 is 5.32 Å². The Morgan fingerprint density at radius 2 is 1.84 bits per heavy atom. The van der Waals surface area contributed by atoms with Gasteiger partial charge >= 0.3 is 12.2 Å². The average Bonchev–Trinajstić information content (AvgIpc) is 2.54. The fourth-order valence-electron chi connectivity index (χ4n) is 2.16. The van der Waals surface area contributed by atoms with Gasteiger partial charge in [0.1, 0.15) is 17.3 Å². The molecule has 0 saturated carbocycles. The average molecular weight is 350 g/mol. The van der Waals surface area contributed by atoms with E-state index < -0.39 is 23.7 Å². The molecule has 3 rings (SSSR count). The van der Waals surface area contributed by atoms with Crippen LogP contribution in [0.25, 0.3) is 10.9 Å². The van der Waals surface area contributed by atoms with Crippen molar-refractivity contribution in [2.24, 2.45) is 0 Å². The van der Waals surface area contributed by atoms with Gasteiger partial charge in [0, 0.05) is 17.6 Å². The van der Waals surface area contributed by atoms with E-state index in [9.17, 15) is 22.4 Å². The summed E-state index contributed by atoms with van der Waals surface area (Å²) in [5, 5.41) is 5.18. The predicted octanol–water partition coefficient (Wildman–Crippen LogP) is 4.43. The van der Waals surface area contributed by atoms with Crippen molar-refractivity contribution in [1.29, 1.82) is 0 Å². The Kier molecular flexibility index (Phi) is 4.22. The molecule has 0 aliphatic rings. The molecule has 128 valence electrons. The maximum absolute atomic E-state index is 13.2. The lowest BCUT2D eigenvalue weighted by Crippen LogP contribution is -2.21. The van der Waals surface area contributed by atoms with Gasteiger partial charge in [-0.05, 0) is 30.3 Å². The number of fused-ring (bicyclic) bond motifs is 1. The van der Waals surface area contributed by atoms with Gasteiger partial charge in [0.15, 0.2) is 0 Å². The number of carbonyl (C=O) groups is 1. The minimum atomic E-state index is -4.61.